The van der Waals surface area contributed by atoms with Crippen LogP contribution in [0.3, 0.4) is 0 Å². The van der Waals surface area contributed by atoms with Crippen LogP contribution in [0.5, 0.6) is 5.75 Å². The molecule has 0 fully saturated rings. The van der Waals surface area contributed by atoms with Gasteiger partial charge in [0.05, 0.1) is 5.75 Å². The van der Waals surface area contributed by atoms with Gasteiger partial charge in [0, 0.05) is 16.7 Å². The molecule has 0 unspecified atom stereocenters. The van der Waals surface area contributed by atoms with Crippen molar-refractivity contribution in [3.63, 3.8) is 0 Å². The molecule has 0 amide bonds. The van der Waals surface area contributed by atoms with Crippen LogP contribution in [0.2, 0.25) is 5.02 Å². The first-order valence-corrected chi connectivity index (χ1v) is 10.3. The van der Waals surface area contributed by atoms with Crippen LogP contribution in [0.1, 0.15) is 22.8 Å². The fourth-order valence-electron chi connectivity index (χ4n) is 2.63. The lowest BCUT2D eigenvalue weighted by Crippen LogP contribution is -1.97. The number of halogens is 1. The third kappa shape index (κ3) is 4.99. The first kappa shape index (κ1) is 19.5. The lowest BCUT2D eigenvalue weighted by atomic mass is 10.1. The quantitative estimate of drug-likeness (QED) is 0.341. The molecule has 6 nitrogen and oxygen atoms in total. The molecule has 4 aromatic rings. The van der Waals surface area contributed by atoms with Crippen molar-refractivity contribution >= 4 is 23.4 Å². The average Bonchev–Trinajstić information content (AvgIpc) is 3.37. The highest BCUT2D eigenvalue weighted by Gasteiger charge is 2.12. The SMILES string of the molecule is Cc1ccc(C)c(OCc2nnc(SCc3cc(-c4ccc(Cl)cc4)no3)o2)c1. The van der Waals surface area contributed by atoms with Gasteiger partial charge in [-0.2, -0.15) is 0 Å². The van der Waals surface area contributed by atoms with Gasteiger partial charge in [-0.3, -0.25) is 0 Å². The van der Waals surface area contributed by atoms with Gasteiger partial charge in [0.15, 0.2) is 6.61 Å². The van der Waals surface area contributed by atoms with Crippen LogP contribution in [-0.2, 0) is 12.4 Å². The maximum Gasteiger partial charge on any atom is 0.277 e. The molecule has 0 saturated carbocycles. The number of hydrogen-bond acceptors (Lipinski definition) is 7. The van der Waals surface area contributed by atoms with Crippen molar-refractivity contribution in [2.45, 2.75) is 31.4 Å². The van der Waals surface area contributed by atoms with Crippen LogP contribution in [0.25, 0.3) is 11.3 Å². The van der Waals surface area contributed by atoms with Gasteiger partial charge >= 0.3 is 0 Å². The number of ether oxygens (including phenoxy) is 1. The van der Waals surface area contributed by atoms with Gasteiger partial charge < -0.3 is 13.7 Å². The molecule has 8 heteroatoms. The number of hydrogen-bond donors (Lipinski definition) is 0. The highest BCUT2D eigenvalue weighted by atomic mass is 35.5. The van der Waals surface area contributed by atoms with E-state index in [0.29, 0.717) is 27.6 Å². The monoisotopic (exact) mass is 427 g/mol. The summed E-state index contributed by atoms with van der Waals surface area (Å²) < 4.78 is 16.8. The standard InChI is InChI=1S/C21H18ClN3O3S/c1-13-3-4-14(2)19(9-13)26-11-20-23-24-21(27-20)29-12-17-10-18(25-28-17)15-5-7-16(22)8-6-15/h3-10H,11-12H2,1-2H3. The van der Waals surface area contributed by atoms with Crippen LogP contribution in [0, 0.1) is 13.8 Å². The molecule has 0 bridgehead atoms. The van der Waals surface area contributed by atoms with E-state index in [2.05, 4.69) is 15.4 Å². The Labute approximate surface area is 177 Å². The molecule has 0 aliphatic carbocycles. The Kier molecular flexibility index (Phi) is 5.87. The van der Waals surface area contributed by atoms with E-state index in [4.69, 9.17) is 25.3 Å². The van der Waals surface area contributed by atoms with Gasteiger partial charge in [0.25, 0.3) is 11.1 Å². The third-order valence-corrected chi connectivity index (χ3v) is 5.27. The molecule has 0 radical (unpaired) electrons. The topological polar surface area (TPSA) is 74.2 Å². The Hall–Kier alpha value is -2.77. The van der Waals surface area contributed by atoms with E-state index in [-0.39, 0.29) is 6.61 Å². The summed E-state index contributed by atoms with van der Waals surface area (Å²) in [4.78, 5) is 0. The Morgan fingerprint density at radius 1 is 1.03 bits per heavy atom. The van der Waals surface area contributed by atoms with Gasteiger partial charge in [-0.1, -0.05) is 52.8 Å². The van der Waals surface area contributed by atoms with Crippen LogP contribution >= 0.6 is 23.4 Å². The average molecular weight is 428 g/mol. The molecule has 2 aromatic heterocycles. The highest BCUT2D eigenvalue weighted by Crippen LogP contribution is 2.26. The smallest absolute Gasteiger partial charge is 0.277 e. The van der Waals surface area contributed by atoms with Crippen LogP contribution < -0.4 is 4.74 Å². The van der Waals surface area contributed by atoms with E-state index in [9.17, 15) is 0 Å². The zero-order valence-corrected chi connectivity index (χ0v) is 17.5. The maximum absolute atomic E-state index is 5.92. The van der Waals surface area contributed by atoms with Crippen molar-refractivity contribution in [1.82, 2.24) is 15.4 Å². The van der Waals surface area contributed by atoms with Gasteiger partial charge in [0.2, 0.25) is 0 Å². The summed E-state index contributed by atoms with van der Waals surface area (Å²) in [6.07, 6.45) is 0. The molecule has 0 N–H and O–H groups in total. The molecule has 29 heavy (non-hydrogen) atoms. The van der Waals surface area contributed by atoms with Gasteiger partial charge in [-0.15, -0.1) is 10.2 Å². The summed E-state index contributed by atoms with van der Waals surface area (Å²) in [5.74, 6) is 2.48. The molecule has 0 saturated heterocycles. The van der Waals surface area contributed by atoms with E-state index < -0.39 is 0 Å². The zero-order valence-electron chi connectivity index (χ0n) is 15.9. The fraction of sp³-hybridized carbons (Fsp3) is 0.190. The Bertz CT molecular complexity index is 1110. The predicted octanol–water partition coefficient (Wildman–Crippen LogP) is 5.87. The molecule has 2 aromatic carbocycles. The largest absolute Gasteiger partial charge is 0.484 e. The number of aryl methyl sites for hydroxylation is 2. The number of nitrogens with zero attached hydrogens (tertiary/aromatic N) is 3. The van der Waals surface area contributed by atoms with Crippen molar-refractivity contribution in [2.24, 2.45) is 0 Å². The molecule has 2 heterocycles. The summed E-state index contributed by atoms with van der Waals surface area (Å²) in [6, 6.07) is 15.4. The summed E-state index contributed by atoms with van der Waals surface area (Å²) in [6.45, 7) is 4.25. The van der Waals surface area contributed by atoms with Gasteiger partial charge in [-0.05, 0) is 43.2 Å². The normalized spacial score (nSPS) is 11.0. The molecule has 0 aliphatic rings. The molecule has 4 rings (SSSR count). The van der Waals surface area contributed by atoms with Crippen molar-refractivity contribution in [3.8, 4) is 17.0 Å². The first-order valence-electron chi connectivity index (χ1n) is 8.93. The summed E-state index contributed by atoms with van der Waals surface area (Å²) in [5.41, 5.74) is 3.90. The zero-order chi connectivity index (χ0) is 20.2. The summed E-state index contributed by atoms with van der Waals surface area (Å²) in [5, 5.41) is 13.3. The van der Waals surface area contributed by atoms with E-state index in [1.54, 1.807) is 0 Å². The van der Waals surface area contributed by atoms with Crippen molar-refractivity contribution in [2.75, 3.05) is 0 Å². The lowest BCUT2D eigenvalue weighted by molar-refractivity contribution is 0.250. The van der Waals surface area contributed by atoms with Gasteiger partial charge in [0.1, 0.15) is 17.2 Å². The maximum atomic E-state index is 5.92. The minimum absolute atomic E-state index is 0.223. The molecule has 148 valence electrons. The Balaban J connectivity index is 1.33. The molecular formula is C21H18ClN3O3S. The van der Waals surface area contributed by atoms with Crippen molar-refractivity contribution in [3.05, 3.63) is 76.3 Å². The number of thioether (sulfide) groups is 1. The number of aromatic nitrogens is 3. The van der Waals surface area contributed by atoms with Gasteiger partial charge in [-0.25, -0.2) is 0 Å². The van der Waals surface area contributed by atoms with E-state index >= 15 is 0 Å². The highest BCUT2D eigenvalue weighted by molar-refractivity contribution is 7.98. The Morgan fingerprint density at radius 3 is 2.69 bits per heavy atom. The van der Waals surface area contributed by atoms with Crippen LogP contribution in [0.4, 0.5) is 0 Å². The van der Waals surface area contributed by atoms with Crippen LogP contribution in [0.15, 0.2) is 62.7 Å². The van der Waals surface area contributed by atoms with Crippen LogP contribution in [-0.4, -0.2) is 15.4 Å². The van der Waals surface area contributed by atoms with E-state index in [0.717, 1.165) is 28.1 Å². The number of rotatable bonds is 7. The third-order valence-electron chi connectivity index (χ3n) is 4.18. The second kappa shape index (κ2) is 8.71. The molecular weight excluding hydrogens is 410 g/mol. The second-order valence-electron chi connectivity index (χ2n) is 6.49. The predicted molar refractivity (Wildman–Crippen MR) is 111 cm³/mol. The molecule has 0 aliphatic heterocycles. The Morgan fingerprint density at radius 2 is 1.86 bits per heavy atom. The van der Waals surface area contributed by atoms with Crippen molar-refractivity contribution < 1.29 is 13.7 Å². The second-order valence-corrected chi connectivity index (χ2v) is 7.86. The minimum atomic E-state index is 0.223. The summed E-state index contributed by atoms with van der Waals surface area (Å²) >= 11 is 7.30. The molecule has 0 spiro atoms. The summed E-state index contributed by atoms with van der Waals surface area (Å²) in [7, 11) is 0. The first-order chi connectivity index (χ1) is 14.1. The number of benzene rings is 2. The minimum Gasteiger partial charge on any atom is -0.484 e. The lowest BCUT2D eigenvalue weighted by Gasteiger charge is -2.07. The van der Waals surface area contributed by atoms with E-state index in [1.165, 1.54) is 11.8 Å². The fourth-order valence-corrected chi connectivity index (χ4v) is 3.41. The van der Waals surface area contributed by atoms with E-state index in [1.807, 2.05) is 62.4 Å². The van der Waals surface area contributed by atoms with Crippen molar-refractivity contribution in [1.29, 1.82) is 0 Å². The molecule has 0 atom stereocenters.